The van der Waals surface area contributed by atoms with Crippen LogP contribution >= 0.6 is 22.9 Å². The molecule has 0 atom stereocenters. The van der Waals surface area contributed by atoms with E-state index < -0.39 is 0 Å². The number of hydrogen-bond acceptors (Lipinski definition) is 8. The van der Waals surface area contributed by atoms with E-state index in [4.69, 9.17) is 31.5 Å². The molecule has 0 aliphatic carbocycles. The molecule has 0 aliphatic heterocycles. The molecule has 1 aromatic heterocycles. The summed E-state index contributed by atoms with van der Waals surface area (Å²) in [6, 6.07) is 8.75. The second-order valence-corrected chi connectivity index (χ2v) is 7.39. The van der Waals surface area contributed by atoms with Gasteiger partial charge in [0.1, 0.15) is 10.7 Å². The summed E-state index contributed by atoms with van der Waals surface area (Å²) in [6.45, 7) is 1.89. The number of aromatic nitrogens is 1. The summed E-state index contributed by atoms with van der Waals surface area (Å²) in [5.41, 5.74) is 7.99. The van der Waals surface area contributed by atoms with Crippen molar-refractivity contribution in [2.45, 2.75) is 6.92 Å². The fourth-order valence-corrected chi connectivity index (χ4v) is 3.83. The van der Waals surface area contributed by atoms with Gasteiger partial charge in [-0.1, -0.05) is 29.0 Å². The maximum Gasteiger partial charge on any atom is 0.210 e. The van der Waals surface area contributed by atoms with Crippen LogP contribution in [0.4, 0.5) is 16.6 Å². The molecule has 0 radical (unpaired) electrons. The van der Waals surface area contributed by atoms with E-state index in [1.54, 1.807) is 18.2 Å². The lowest BCUT2D eigenvalue weighted by molar-refractivity contribution is 0.103. The molecule has 0 fully saturated rings. The second kappa shape index (κ2) is 8.59. The van der Waals surface area contributed by atoms with Crippen LogP contribution in [0.3, 0.4) is 0 Å². The number of carbonyl (C=O) groups is 1. The fourth-order valence-electron chi connectivity index (χ4n) is 2.81. The van der Waals surface area contributed by atoms with Crippen LogP contribution < -0.4 is 25.3 Å². The number of thiazole rings is 1. The highest BCUT2D eigenvalue weighted by Crippen LogP contribution is 2.42. The summed E-state index contributed by atoms with van der Waals surface area (Å²) in [7, 11) is 4.44. The lowest BCUT2D eigenvalue weighted by atomic mass is 10.1. The number of nitrogens with one attached hydrogen (secondary N) is 1. The van der Waals surface area contributed by atoms with Gasteiger partial charge in [-0.3, -0.25) is 4.79 Å². The number of ketones is 1. The molecule has 0 amide bonds. The Labute approximate surface area is 177 Å². The van der Waals surface area contributed by atoms with Gasteiger partial charge in [-0.05, 0) is 36.8 Å². The minimum atomic E-state index is -0.325. The average molecular weight is 434 g/mol. The van der Waals surface area contributed by atoms with E-state index in [0.29, 0.717) is 27.2 Å². The molecule has 152 valence electrons. The number of halogens is 1. The Kier molecular flexibility index (Phi) is 6.14. The van der Waals surface area contributed by atoms with Gasteiger partial charge in [0.2, 0.25) is 11.5 Å². The maximum absolute atomic E-state index is 13.2. The first kappa shape index (κ1) is 20.8. The molecule has 9 heteroatoms. The first-order valence-electron chi connectivity index (χ1n) is 8.53. The predicted molar refractivity (Wildman–Crippen MR) is 116 cm³/mol. The smallest absolute Gasteiger partial charge is 0.210 e. The van der Waals surface area contributed by atoms with E-state index >= 15 is 0 Å². The molecule has 0 aliphatic rings. The van der Waals surface area contributed by atoms with Crippen LogP contribution in [0.25, 0.3) is 0 Å². The number of hydrogen-bond donors (Lipinski definition) is 2. The van der Waals surface area contributed by atoms with Gasteiger partial charge in [-0.25, -0.2) is 4.98 Å². The number of nitrogens with two attached hydrogens (primary N) is 1. The van der Waals surface area contributed by atoms with Crippen LogP contribution in [-0.2, 0) is 0 Å². The Morgan fingerprint density at radius 2 is 1.83 bits per heavy atom. The number of carbonyl (C=O) groups excluding carboxylic acids is 1. The number of methoxy groups -OCH3 is 3. The third-order valence-corrected chi connectivity index (χ3v) is 5.71. The number of nitrogens with zero attached hydrogens (tertiary/aromatic N) is 1. The number of rotatable bonds is 7. The molecule has 29 heavy (non-hydrogen) atoms. The van der Waals surface area contributed by atoms with Crippen molar-refractivity contribution >= 4 is 45.4 Å². The van der Waals surface area contributed by atoms with Crippen molar-refractivity contribution in [2.24, 2.45) is 0 Å². The van der Waals surface area contributed by atoms with E-state index in [1.807, 2.05) is 19.1 Å². The van der Waals surface area contributed by atoms with Crippen LogP contribution in [-0.4, -0.2) is 32.1 Å². The Morgan fingerprint density at radius 1 is 1.10 bits per heavy atom. The normalized spacial score (nSPS) is 10.5. The van der Waals surface area contributed by atoms with Gasteiger partial charge < -0.3 is 25.3 Å². The zero-order valence-corrected chi connectivity index (χ0v) is 17.9. The van der Waals surface area contributed by atoms with Crippen molar-refractivity contribution in [3.63, 3.8) is 0 Å². The van der Waals surface area contributed by atoms with Crippen LogP contribution in [0.15, 0.2) is 30.3 Å². The summed E-state index contributed by atoms with van der Waals surface area (Å²) >= 11 is 7.31. The Bertz CT molecular complexity index is 1070. The van der Waals surface area contributed by atoms with Crippen molar-refractivity contribution in [1.82, 2.24) is 4.98 Å². The third kappa shape index (κ3) is 3.94. The molecule has 1 heterocycles. The summed E-state index contributed by atoms with van der Waals surface area (Å²) in [5.74, 6) is 0.853. The zero-order chi connectivity index (χ0) is 21.1. The number of ether oxygens (including phenoxy) is 3. The van der Waals surface area contributed by atoms with Gasteiger partial charge in [0, 0.05) is 10.7 Å². The largest absolute Gasteiger partial charge is 0.493 e. The van der Waals surface area contributed by atoms with Crippen LogP contribution in [0.1, 0.15) is 20.8 Å². The lowest BCUT2D eigenvalue weighted by Crippen LogP contribution is -2.06. The van der Waals surface area contributed by atoms with Gasteiger partial charge in [-0.15, -0.1) is 0 Å². The molecule has 3 rings (SSSR count). The molecule has 0 bridgehead atoms. The van der Waals surface area contributed by atoms with Gasteiger partial charge in [0.05, 0.1) is 26.9 Å². The van der Waals surface area contributed by atoms with Gasteiger partial charge >= 0.3 is 0 Å². The molecule has 3 aromatic rings. The standard InChI is InChI=1S/C20H20ClN3O4S/c1-10-12(21)6-5-7-13(10)23-20-24-19(22)18(29-20)15(25)11-8-9-14(26-2)17(28-4)16(11)27-3/h5-9H,22H2,1-4H3,(H,23,24). The van der Waals surface area contributed by atoms with Crippen molar-refractivity contribution in [3.05, 3.63) is 51.4 Å². The van der Waals surface area contributed by atoms with Gasteiger partial charge in [-0.2, -0.15) is 0 Å². The summed E-state index contributed by atoms with van der Waals surface area (Å²) in [4.78, 5) is 17.7. The number of anilines is 3. The molecular weight excluding hydrogens is 414 g/mol. The van der Waals surface area contributed by atoms with Crippen LogP contribution in [0.5, 0.6) is 17.2 Å². The lowest BCUT2D eigenvalue weighted by Gasteiger charge is -2.14. The molecule has 0 saturated carbocycles. The monoisotopic (exact) mass is 433 g/mol. The first-order chi connectivity index (χ1) is 13.9. The number of nitrogen functional groups attached to an aromatic ring is 1. The molecule has 3 N–H and O–H groups in total. The van der Waals surface area contributed by atoms with Crippen LogP contribution in [0.2, 0.25) is 5.02 Å². The zero-order valence-electron chi connectivity index (χ0n) is 16.3. The van der Waals surface area contributed by atoms with Crippen molar-refractivity contribution < 1.29 is 19.0 Å². The highest BCUT2D eigenvalue weighted by Gasteiger charge is 2.25. The Balaban J connectivity index is 1.98. The van der Waals surface area contributed by atoms with E-state index in [0.717, 1.165) is 22.6 Å². The SMILES string of the molecule is COc1ccc(C(=O)c2sc(Nc3cccc(Cl)c3C)nc2N)c(OC)c1OC. The topological polar surface area (TPSA) is 95.7 Å². The summed E-state index contributed by atoms with van der Waals surface area (Å²) < 4.78 is 16.0. The number of benzene rings is 2. The third-order valence-electron chi connectivity index (χ3n) is 4.32. The molecular formula is C20H20ClN3O4S. The molecule has 0 saturated heterocycles. The molecule has 2 aromatic carbocycles. The highest BCUT2D eigenvalue weighted by atomic mass is 35.5. The van der Waals surface area contributed by atoms with E-state index in [2.05, 4.69) is 10.3 Å². The minimum absolute atomic E-state index is 0.124. The molecule has 7 nitrogen and oxygen atoms in total. The van der Waals surface area contributed by atoms with Gasteiger partial charge in [0.25, 0.3) is 0 Å². The quantitative estimate of drug-likeness (QED) is 0.522. The second-order valence-electron chi connectivity index (χ2n) is 5.98. The van der Waals surface area contributed by atoms with E-state index in [1.165, 1.54) is 21.3 Å². The first-order valence-corrected chi connectivity index (χ1v) is 9.72. The Hall–Kier alpha value is -2.97. The minimum Gasteiger partial charge on any atom is -0.493 e. The summed E-state index contributed by atoms with van der Waals surface area (Å²) in [5, 5.41) is 4.28. The molecule has 0 spiro atoms. The fraction of sp³-hybridized carbons (Fsp3) is 0.200. The summed E-state index contributed by atoms with van der Waals surface area (Å²) in [6.07, 6.45) is 0. The average Bonchev–Trinajstić information content (AvgIpc) is 3.09. The van der Waals surface area contributed by atoms with Crippen molar-refractivity contribution in [3.8, 4) is 17.2 Å². The Morgan fingerprint density at radius 3 is 2.48 bits per heavy atom. The molecule has 0 unspecified atom stereocenters. The van der Waals surface area contributed by atoms with E-state index in [9.17, 15) is 4.79 Å². The van der Waals surface area contributed by atoms with E-state index in [-0.39, 0.29) is 22.2 Å². The highest BCUT2D eigenvalue weighted by molar-refractivity contribution is 7.18. The van der Waals surface area contributed by atoms with Crippen LogP contribution in [0, 0.1) is 6.92 Å². The van der Waals surface area contributed by atoms with Crippen molar-refractivity contribution in [2.75, 3.05) is 32.4 Å². The predicted octanol–water partition coefficient (Wildman–Crippen LogP) is 4.69. The maximum atomic E-state index is 13.2. The van der Waals surface area contributed by atoms with Gasteiger partial charge in [0.15, 0.2) is 16.6 Å². The van der Waals surface area contributed by atoms with Crippen molar-refractivity contribution in [1.29, 1.82) is 0 Å².